The maximum atomic E-state index is 11.7. The molecule has 0 saturated heterocycles. The van der Waals surface area contributed by atoms with Gasteiger partial charge in [-0.2, -0.15) is 0 Å². The van der Waals surface area contributed by atoms with Crippen molar-refractivity contribution in [2.24, 2.45) is 5.92 Å². The monoisotopic (exact) mass is 300 g/mol. The second-order valence-electron chi connectivity index (χ2n) is 4.05. The second-order valence-corrected chi connectivity index (χ2v) is 4.91. The van der Waals surface area contributed by atoms with Crippen LogP contribution in [0, 0.1) is 5.92 Å². The third kappa shape index (κ3) is 4.75. The third-order valence-corrected chi connectivity index (χ3v) is 2.94. The fraction of sp³-hybridized carbons (Fsp3) is 0.417. The Morgan fingerprint density at radius 3 is 2.94 bits per heavy atom. The Morgan fingerprint density at radius 1 is 1.59 bits per heavy atom. The highest BCUT2D eigenvalue weighted by molar-refractivity contribution is 9.10. The van der Waals surface area contributed by atoms with Crippen molar-refractivity contribution in [3.63, 3.8) is 0 Å². The summed E-state index contributed by atoms with van der Waals surface area (Å²) < 4.78 is 5.81. The number of rotatable bonds is 5. The molecule has 5 heteroatoms. The smallest absolute Gasteiger partial charge is 0.224 e. The first kappa shape index (κ1) is 14.0. The Morgan fingerprint density at radius 2 is 2.29 bits per heavy atom. The molecule has 1 atom stereocenters. The lowest BCUT2D eigenvalue weighted by Crippen LogP contribution is -2.17. The first-order valence-electron chi connectivity index (χ1n) is 5.36. The number of hydrogen-bond acceptors (Lipinski definition) is 3. The first-order chi connectivity index (χ1) is 8.02. The lowest BCUT2D eigenvalue weighted by molar-refractivity contribution is -0.117. The number of carbonyl (C=O) groups excluding carboxylic acids is 1. The van der Waals surface area contributed by atoms with Crippen LogP contribution in [0.5, 0.6) is 0 Å². The van der Waals surface area contributed by atoms with Gasteiger partial charge < -0.3 is 15.8 Å². The molecule has 0 aliphatic heterocycles. The molecule has 1 rings (SSSR count). The van der Waals surface area contributed by atoms with E-state index in [1.165, 1.54) is 0 Å². The normalized spacial score (nSPS) is 12.2. The highest BCUT2D eigenvalue weighted by Gasteiger charge is 2.10. The average molecular weight is 301 g/mol. The van der Waals surface area contributed by atoms with Crippen LogP contribution in [0.1, 0.15) is 13.3 Å². The van der Waals surface area contributed by atoms with Crippen molar-refractivity contribution in [2.45, 2.75) is 13.3 Å². The van der Waals surface area contributed by atoms with E-state index in [2.05, 4.69) is 21.2 Å². The molecule has 0 fully saturated rings. The predicted molar refractivity (Wildman–Crippen MR) is 72.8 cm³/mol. The average Bonchev–Trinajstić information content (AvgIpc) is 2.23. The second kappa shape index (κ2) is 6.61. The van der Waals surface area contributed by atoms with Crippen molar-refractivity contribution in [2.75, 3.05) is 24.8 Å². The van der Waals surface area contributed by atoms with Gasteiger partial charge in [-0.15, -0.1) is 0 Å². The lowest BCUT2D eigenvalue weighted by Gasteiger charge is -2.11. The third-order valence-electron chi connectivity index (χ3n) is 2.25. The Kier molecular flexibility index (Phi) is 5.44. The van der Waals surface area contributed by atoms with Crippen LogP contribution in [0.3, 0.4) is 0 Å². The summed E-state index contributed by atoms with van der Waals surface area (Å²) in [6, 6.07) is 5.31. The molecule has 0 bridgehead atoms. The minimum absolute atomic E-state index is 0.0409. The van der Waals surface area contributed by atoms with E-state index < -0.39 is 0 Å². The summed E-state index contributed by atoms with van der Waals surface area (Å²) in [7, 11) is 1.63. The van der Waals surface area contributed by atoms with Crippen LogP contribution in [-0.4, -0.2) is 19.6 Å². The van der Waals surface area contributed by atoms with E-state index in [0.29, 0.717) is 24.4 Å². The van der Waals surface area contributed by atoms with Gasteiger partial charge in [0, 0.05) is 30.3 Å². The highest BCUT2D eigenvalue weighted by atomic mass is 79.9. The molecule has 4 nitrogen and oxygen atoms in total. The van der Waals surface area contributed by atoms with Crippen molar-refractivity contribution in [3.05, 3.63) is 22.7 Å². The molecule has 0 spiro atoms. The number of hydrogen-bond donors (Lipinski definition) is 2. The van der Waals surface area contributed by atoms with Crippen molar-refractivity contribution in [1.29, 1.82) is 0 Å². The summed E-state index contributed by atoms with van der Waals surface area (Å²) in [4.78, 5) is 11.7. The van der Waals surface area contributed by atoms with E-state index in [4.69, 9.17) is 10.5 Å². The van der Waals surface area contributed by atoms with Crippen molar-refractivity contribution >= 4 is 33.2 Å². The van der Waals surface area contributed by atoms with Crippen LogP contribution < -0.4 is 11.1 Å². The quantitative estimate of drug-likeness (QED) is 0.822. The number of halogens is 1. The van der Waals surface area contributed by atoms with Gasteiger partial charge in [-0.1, -0.05) is 6.92 Å². The first-order valence-corrected chi connectivity index (χ1v) is 6.16. The number of benzene rings is 1. The summed E-state index contributed by atoms with van der Waals surface area (Å²) in [6.07, 6.45) is 0.426. The van der Waals surface area contributed by atoms with Gasteiger partial charge in [0.15, 0.2) is 0 Å². The van der Waals surface area contributed by atoms with Crippen molar-refractivity contribution < 1.29 is 9.53 Å². The molecule has 0 heterocycles. The van der Waals surface area contributed by atoms with Crippen molar-refractivity contribution in [3.8, 4) is 0 Å². The summed E-state index contributed by atoms with van der Waals surface area (Å²) >= 11 is 3.36. The maximum Gasteiger partial charge on any atom is 0.224 e. The molecule has 3 N–H and O–H groups in total. The molecule has 1 amide bonds. The number of carbonyl (C=O) groups is 1. The number of anilines is 2. The highest BCUT2D eigenvalue weighted by Crippen LogP contribution is 2.24. The molecule has 1 aromatic carbocycles. The Hall–Kier alpha value is -1.07. The van der Waals surface area contributed by atoms with Crippen LogP contribution in [0.4, 0.5) is 11.4 Å². The Bertz CT molecular complexity index is 396. The molecule has 1 aromatic rings. The van der Waals surface area contributed by atoms with E-state index in [9.17, 15) is 4.79 Å². The summed E-state index contributed by atoms with van der Waals surface area (Å²) in [5, 5.41) is 2.82. The molecular formula is C12H17BrN2O2. The van der Waals surface area contributed by atoms with E-state index in [1.807, 2.05) is 13.0 Å². The Balaban J connectivity index is 2.58. The minimum atomic E-state index is -0.0409. The largest absolute Gasteiger partial charge is 0.399 e. The molecule has 94 valence electrons. The molecule has 17 heavy (non-hydrogen) atoms. The van der Waals surface area contributed by atoms with Crippen LogP contribution in [-0.2, 0) is 9.53 Å². The fourth-order valence-electron chi connectivity index (χ4n) is 1.50. The van der Waals surface area contributed by atoms with Crippen molar-refractivity contribution in [1.82, 2.24) is 0 Å². The topological polar surface area (TPSA) is 64.3 Å². The van der Waals surface area contributed by atoms with Crippen LogP contribution >= 0.6 is 15.9 Å². The number of ether oxygens (including phenoxy) is 1. The van der Waals surface area contributed by atoms with E-state index in [-0.39, 0.29) is 11.8 Å². The summed E-state index contributed by atoms with van der Waals surface area (Å²) in [5.74, 6) is 0.153. The molecule has 0 aromatic heterocycles. The van der Waals surface area contributed by atoms with Gasteiger partial charge in [0.25, 0.3) is 0 Å². The number of nitrogen functional groups attached to an aromatic ring is 1. The van der Waals surface area contributed by atoms with Crippen LogP contribution in [0.25, 0.3) is 0 Å². The van der Waals surface area contributed by atoms with Crippen LogP contribution in [0.2, 0.25) is 0 Å². The van der Waals surface area contributed by atoms with Gasteiger partial charge in [-0.3, -0.25) is 4.79 Å². The number of amides is 1. The van der Waals surface area contributed by atoms with E-state index in [1.54, 1.807) is 19.2 Å². The zero-order valence-corrected chi connectivity index (χ0v) is 11.6. The molecule has 0 radical (unpaired) electrons. The molecule has 1 unspecified atom stereocenters. The molecular weight excluding hydrogens is 284 g/mol. The zero-order valence-electron chi connectivity index (χ0n) is 10.00. The standard InChI is InChI=1S/C12H17BrN2O2/c1-8(7-17-2)5-12(16)15-11-6-9(14)3-4-10(11)13/h3-4,6,8H,5,7,14H2,1-2H3,(H,15,16). The predicted octanol–water partition coefficient (Wildman–Crippen LogP) is 2.64. The molecule has 0 aliphatic carbocycles. The van der Waals surface area contributed by atoms with Gasteiger partial charge in [-0.25, -0.2) is 0 Å². The van der Waals surface area contributed by atoms with Gasteiger partial charge in [0.05, 0.1) is 5.69 Å². The lowest BCUT2D eigenvalue weighted by atomic mass is 10.1. The molecule has 0 saturated carbocycles. The van der Waals surface area contributed by atoms with Gasteiger partial charge in [-0.05, 0) is 40.0 Å². The SMILES string of the molecule is COCC(C)CC(=O)Nc1cc(N)ccc1Br. The van der Waals surface area contributed by atoms with Crippen LogP contribution in [0.15, 0.2) is 22.7 Å². The summed E-state index contributed by atoms with van der Waals surface area (Å²) in [5.41, 5.74) is 6.97. The number of methoxy groups -OCH3 is 1. The van der Waals surface area contributed by atoms with Gasteiger partial charge in [0.1, 0.15) is 0 Å². The maximum absolute atomic E-state index is 11.7. The zero-order chi connectivity index (χ0) is 12.8. The van der Waals surface area contributed by atoms with E-state index >= 15 is 0 Å². The van der Waals surface area contributed by atoms with E-state index in [0.717, 1.165) is 4.47 Å². The molecule has 0 aliphatic rings. The summed E-state index contributed by atoms with van der Waals surface area (Å²) in [6.45, 7) is 2.54. The fourth-order valence-corrected chi connectivity index (χ4v) is 1.85. The minimum Gasteiger partial charge on any atom is -0.399 e. The van der Waals surface area contributed by atoms with Gasteiger partial charge in [0.2, 0.25) is 5.91 Å². The Labute approximate surface area is 110 Å². The van der Waals surface area contributed by atoms with Gasteiger partial charge >= 0.3 is 0 Å². The number of nitrogens with two attached hydrogens (primary N) is 1. The number of nitrogens with one attached hydrogen (secondary N) is 1.